The number of benzene rings is 2. The van der Waals surface area contributed by atoms with Crippen molar-refractivity contribution in [1.82, 2.24) is 15.0 Å². The van der Waals surface area contributed by atoms with E-state index in [1.807, 2.05) is 54.3 Å². The first kappa shape index (κ1) is 18.2. The third-order valence-corrected chi connectivity index (χ3v) is 4.95. The molecule has 0 radical (unpaired) electrons. The van der Waals surface area contributed by atoms with E-state index < -0.39 is 0 Å². The van der Waals surface area contributed by atoms with Gasteiger partial charge in [0.2, 0.25) is 17.6 Å². The van der Waals surface area contributed by atoms with E-state index in [1.54, 1.807) is 0 Å². The van der Waals surface area contributed by atoms with Gasteiger partial charge in [-0.1, -0.05) is 47.6 Å². The van der Waals surface area contributed by atoms with Gasteiger partial charge >= 0.3 is 0 Å². The van der Waals surface area contributed by atoms with Crippen molar-refractivity contribution in [2.75, 3.05) is 19.7 Å². The van der Waals surface area contributed by atoms with Gasteiger partial charge in [-0.2, -0.15) is 4.98 Å². The average molecular weight is 377 g/mol. The molecule has 0 spiro atoms. The van der Waals surface area contributed by atoms with Crippen LogP contribution in [0.3, 0.4) is 0 Å². The zero-order valence-electron chi connectivity index (χ0n) is 15.9. The first-order chi connectivity index (χ1) is 13.7. The van der Waals surface area contributed by atoms with Gasteiger partial charge in [-0.05, 0) is 31.0 Å². The van der Waals surface area contributed by atoms with E-state index in [2.05, 4.69) is 22.3 Å². The van der Waals surface area contributed by atoms with Crippen molar-refractivity contribution in [2.24, 2.45) is 0 Å². The van der Waals surface area contributed by atoms with E-state index in [-0.39, 0.29) is 11.8 Å². The fourth-order valence-corrected chi connectivity index (χ4v) is 3.51. The van der Waals surface area contributed by atoms with Gasteiger partial charge in [0.15, 0.2) is 0 Å². The number of para-hydroxylation sites is 1. The maximum atomic E-state index is 12.4. The molecule has 1 aliphatic rings. The van der Waals surface area contributed by atoms with Crippen LogP contribution in [0.5, 0.6) is 5.75 Å². The molecule has 1 saturated heterocycles. The fourth-order valence-electron chi connectivity index (χ4n) is 3.51. The molecule has 1 amide bonds. The predicted octanol–water partition coefficient (Wildman–Crippen LogP) is 3.69. The van der Waals surface area contributed by atoms with E-state index in [0.717, 1.165) is 17.7 Å². The standard InChI is InChI=1S/C22H23N3O3/c1-2-27-19-11-7-6-10-18(19)21-23-22(28-24-21)17-14-20(26)25(15-17)13-12-16-8-4-3-5-9-16/h3-11,17H,2,12-15H2,1H3. The molecule has 144 valence electrons. The van der Waals surface area contributed by atoms with Gasteiger partial charge in [-0.3, -0.25) is 4.79 Å². The van der Waals surface area contributed by atoms with Crippen molar-refractivity contribution < 1.29 is 14.1 Å². The highest BCUT2D eigenvalue weighted by atomic mass is 16.5. The Morgan fingerprint density at radius 1 is 1.14 bits per heavy atom. The fraction of sp³-hybridized carbons (Fsp3) is 0.318. The Balaban J connectivity index is 1.44. The summed E-state index contributed by atoms with van der Waals surface area (Å²) >= 11 is 0. The Morgan fingerprint density at radius 3 is 2.75 bits per heavy atom. The van der Waals surface area contributed by atoms with E-state index in [9.17, 15) is 4.79 Å². The maximum Gasteiger partial charge on any atom is 0.232 e. The van der Waals surface area contributed by atoms with Crippen LogP contribution in [0.2, 0.25) is 0 Å². The Hall–Kier alpha value is -3.15. The molecule has 0 aliphatic carbocycles. The minimum Gasteiger partial charge on any atom is -0.493 e. The number of amides is 1. The van der Waals surface area contributed by atoms with Gasteiger partial charge in [0.05, 0.1) is 18.1 Å². The van der Waals surface area contributed by atoms with Crippen LogP contribution in [0, 0.1) is 0 Å². The highest BCUT2D eigenvalue weighted by Crippen LogP contribution is 2.31. The second kappa shape index (κ2) is 8.25. The van der Waals surface area contributed by atoms with Gasteiger partial charge in [0.25, 0.3) is 0 Å². The van der Waals surface area contributed by atoms with E-state index in [1.165, 1.54) is 5.56 Å². The quantitative estimate of drug-likeness (QED) is 0.628. The first-order valence-corrected chi connectivity index (χ1v) is 9.62. The van der Waals surface area contributed by atoms with Gasteiger partial charge in [-0.25, -0.2) is 0 Å². The number of aromatic nitrogens is 2. The molecule has 2 heterocycles. The van der Waals surface area contributed by atoms with Gasteiger partial charge in [0, 0.05) is 19.5 Å². The molecule has 0 bridgehead atoms. The number of ether oxygens (including phenoxy) is 1. The number of likely N-dealkylation sites (tertiary alicyclic amines) is 1. The minimum absolute atomic E-state index is 0.0659. The van der Waals surface area contributed by atoms with Crippen LogP contribution >= 0.6 is 0 Å². The van der Waals surface area contributed by atoms with Crippen LogP contribution in [-0.4, -0.2) is 40.6 Å². The smallest absolute Gasteiger partial charge is 0.232 e. The number of carbonyl (C=O) groups excluding carboxylic acids is 1. The van der Waals surface area contributed by atoms with E-state index in [4.69, 9.17) is 9.26 Å². The third-order valence-electron chi connectivity index (χ3n) is 4.95. The number of hydrogen-bond donors (Lipinski definition) is 0. The minimum atomic E-state index is -0.0659. The van der Waals surface area contributed by atoms with Crippen molar-refractivity contribution in [1.29, 1.82) is 0 Å². The van der Waals surface area contributed by atoms with Crippen molar-refractivity contribution >= 4 is 5.91 Å². The van der Waals surface area contributed by atoms with Crippen molar-refractivity contribution in [3.05, 3.63) is 66.1 Å². The molecule has 2 aromatic carbocycles. The molecule has 1 atom stereocenters. The van der Waals surface area contributed by atoms with E-state index >= 15 is 0 Å². The molecule has 6 heteroatoms. The molecule has 4 rings (SSSR count). The molecular formula is C22H23N3O3. The van der Waals surface area contributed by atoms with Crippen LogP contribution in [0.15, 0.2) is 59.1 Å². The third kappa shape index (κ3) is 3.91. The lowest BCUT2D eigenvalue weighted by molar-refractivity contribution is -0.127. The van der Waals surface area contributed by atoms with Crippen molar-refractivity contribution in [2.45, 2.75) is 25.7 Å². The maximum absolute atomic E-state index is 12.4. The van der Waals surface area contributed by atoms with E-state index in [0.29, 0.717) is 37.8 Å². The normalized spacial score (nSPS) is 16.5. The molecule has 0 saturated carbocycles. The van der Waals surface area contributed by atoms with Crippen LogP contribution in [0.4, 0.5) is 0 Å². The molecule has 1 aromatic heterocycles. The topological polar surface area (TPSA) is 68.5 Å². The van der Waals surface area contributed by atoms with Gasteiger partial charge in [0.1, 0.15) is 5.75 Å². The lowest BCUT2D eigenvalue weighted by Crippen LogP contribution is -2.27. The molecule has 0 N–H and O–H groups in total. The van der Waals surface area contributed by atoms with Crippen molar-refractivity contribution in [3.63, 3.8) is 0 Å². The Bertz CT molecular complexity index is 939. The summed E-state index contributed by atoms with van der Waals surface area (Å²) in [6.45, 7) is 3.82. The van der Waals surface area contributed by atoms with Gasteiger partial charge < -0.3 is 14.2 Å². The number of hydrogen-bond acceptors (Lipinski definition) is 5. The summed E-state index contributed by atoms with van der Waals surface area (Å²) < 4.78 is 11.2. The van der Waals surface area contributed by atoms with Crippen LogP contribution in [0.25, 0.3) is 11.4 Å². The zero-order valence-corrected chi connectivity index (χ0v) is 15.9. The summed E-state index contributed by atoms with van der Waals surface area (Å²) in [5.41, 5.74) is 2.02. The van der Waals surface area contributed by atoms with Crippen LogP contribution in [0.1, 0.15) is 30.7 Å². The number of rotatable bonds is 7. The summed E-state index contributed by atoms with van der Waals surface area (Å²) in [6, 6.07) is 17.8. The SMILES string of the molecule is CCOc1ccccc1-c1noc(C2CC(=O)N(CCc3ccccc3)C2)n1. The second-order valence-corrected chi connectivity index (χ2v) is 6.86. The first-order valence-electron chi connectivity index (χ1n) is 9.62. The lowest BCUT2D eigenvalue weighted by atomic mass is 10.1. The Kier molecular flexibility index (Phi) is 5.37. The molecule has 1 unspecified atom stereocenters. The molecule has 3 aromatic rings. The highest BCUT2D eigenvalue weighted by Gasteiger charge is 2.34. The second-order valence-electron chi connectivity index (χ2n) is 6.86. The summed E-state index contributed by atoms with van der Waals surface area (Å²) in [4.78, 5) is 18.9. The molecular weight excluding hydrogens is 354 g/mol. The van der Waals surface area contributed by atoms with Gasteiger partial charge in [-0.15, -0.1) is 0 Å². The monoisotopic (exact) mass is 377 g/mol. The number of carbonyl (C=O) groups is 1. The zero-order chi connectivity index (χ0) is 19.3. The van der Waals surface area contributed by atoms with Crippen LogP contribution in [-0.2, 0) is 11.2 Å². The Morgan fingerprint density at radius 2 is 1.93 bits per heavy atom. The summed E-state index contributed by atoms with van der Waals surface area (Å²) in [5.74, 6) is 1.80. The highest BCUT2D eigenvalue weighted by molar-refractivity contribution is 5.79. The van der Waals surface area contributed by atoms with Crippen molar-refractivity contribution in [3.8, 4) is 17.1 Å². The van der Waals surface area contributed by atoms with Crippen LogP contribution < -0.4 is 4.74 Å². The largest absolute Gasteiger partial charge is 0.493 e. The summed E-state index contributed by atoms with van der Waals surface area (Å²) in [7, 11) is 0. The molecule has 1 fully saturated rings. The number of nitrogens with zero attached hydrogens (tertiary/aromatic N) is 3. The molecule has 6 nitrogen and oxygen atoms in total. The lowest BCUT2D eigenvalue weighted by Gasteiger charge is -2.15. The summed E-state index contributed by atoms with van der Waals surface area (Å²) in [5, 5.41) is 4.12. The molecule has 28 heavy (non-hydrogen) atoms. The Labute approximate surface area is 164 Å². The molecule has 1 aliphatic heterocycles. The summed E-state index contributed by atoms with van der Waals surface area (Å²) in [6.07, 6.45) is 1.25. The average Bonchev–Trinajstić information content (AvgIpc) is 3.35. The predicted molar refractivity (Wildman–Crippen MR) is 105 cm³/mol.